The van der Waals surface area contributed by atoms with Gasteiger partial charge in [-0.25, -0.2) is 14.8 Å². The first kappa shape index (κ1) is 14.6. The highest BCUT2D eigenvalue weighted by Crippen LogP contribution is 2.20. The van der Waals surface area contributed by atoms with Crippen molar-refractivity contribution in [2.24, 2.45) is 5.92 Å². The summed E-state index contributed by atoms with van der Waals surface area (Å²) in [7, 11) is 0. The Hall–Kier alpha value is -1.85. The summed E-state index contributed by atoms with van der Waals surface area (Å²) in [6, 6.07) is 0. The monoisotopic (exact) mass is 278 g/mol. The van der Waals surface area contributed by atoms with Crippen LogP contribution in [0.2, 0.25) is 0 Å². The number of nitrogens with one attached hydrogen (secondary N) is 1. The summed E-state index contributed by atoms with van der Waals surface area (Å²) in [5.74, 6) is 1.20. The Kier molecular flexibility index (Phi) is 5.15. The number of aryl methyl sites for hydroxylation is 1. The highest BCUT2D eigenvalue weighted by molar-refractivity contribution is 5.64. The van der Waals surface area contributed by atoms with Crippen molar-refractivity contribution in [3.63, 3.8) is 0 Å². The molecule has 2 heterocycles. The fraction of sp³-hybridized carbons (Fsp3) is 0.643. The zero-order valence-electron chi connectivity index (χ0n) is 11.9. The first-order valence-corrected chi connectivity index (χ1v) is 7.21. The van der Waals surface area contributed by atoms with E-state index in [0.717, 1.165) is 44.7 Å². The number of hydrogen-bond acceptors (Lipinski definition) is 4. The highest BCUT2D eigenvalue weighted by atomic mass is 16.4. The van der Waals surface area contributed by atoms with E-state index in [4.69, 9.17) is 5.11 Å². The Morgan fingerprint density at radius 3 is 2.60 bits per heavy atom. The third kappa shape index (κ3) is 4.08. The van der Waals surface area contributed by atoms with E-state index < -0.39 is 6.09 Å². The quantitative estimate of drug-likeness (QED) is 0.860. The number of amides is 1. The normalized spacial score (nSPS) is 16.1. The van der Waals surface area contributed by atoms with Crippen molar-refractivity contribution in [2.75, 3.05) is 24.5 Å². The van der Waals surface area contributed by atoms with Crippen molar-refractivity contribution in [3.8, 4) is 0 Å². The Balaban J connectivity index is 1.82. The van der Waals surface area contributed by atoms with Crippen LogP contribution in [0.5, 0.6) is 0 Å². The molecule has 20 heavy (non-hydrogen) atoms. The highest BCUT2D eigenvalue weighted by Gasteiger charge is 2.21. The summed E-state index contributed by atoms with van der Waals surface area (Å²) in [4.78, 5) is 21.5. The van der Waals surface area contributed by atoms with Gasteiger partial charge >= 0.3 is 6.09 Å². The summed E-state index contributed by atoms with van der Waals surface area (Å²) in [5.41, 5.74) is 1.18. The molecule has 0 radical (unpaired) electrons. The number of anilines is 1. The summed E-state index contributed by atoms with van der Waals surface area (Å²) in [5, 5.41) is 11.1. The standard InChI is InChI=1S/C14H22N4O2/c1-2-3-12-9-15-13(16-10-12)18-6-4-11(5-7-18)8-17-14(19)20/h9-11,17H,2-8H2,1H3,(H,19,20). The molecule has 2 N–H and O–H groups in total. The third-order valence-electron chi connectivity index (χ3n) is 3.67. The van der Waals surface area contributed by atoms with Gasteiger partial charge in [-0.2, -0.15) is 0 Å². The molecule has 0 aromatic carbocycles. The van der Waals surface area contributed by atoms with Crippen LogP contribution in [0.3, 0.4) is 0 Å². The molecule has 1 aromatic rings. The summed E-state index contributed by atoms with van der Waals surface area (Å²) in [6.45, 7) is 4.46. The third-order valence-corrected chi connectivity index (χ3v) is 3.67. The molecule has 0 atom stereocenters. The zero-order valence-corrected chi connectivity index (χ0v) is 11.9. The molecule has 1 fully saturated rings. The maximum Gasteiger partial charge on any atom is 0.404 e. The van der Waals surface area contributed by atoms with Crippen molar-refractivity contribution in [1.29, 1.82) is 0 Å². The van der Waals surface area contributed by atoms with Crippen LogP contribution in [-0.2, 0) is 6.42 Å². The maximum absolute atomic E-state index is 10.5. The Bertz CT molecular complexity index is 427. The molecule has 6 heteroatoms. The molecular weight excluding hydrogens is 256 g/mol. The van der Waals surface area contributed by atoms with Crippen LogP contribution in [0.1, 0.15) is 31.7 Å². The SMILES string of the molecule is CCCc1cnc(N2CCC(CNC(=O)O)CC2)nc1. The number of nitrogens with zero attached hydrogens (tertiary/aromatic N) is 3. The predicted molar refractivity (Wildman–Crippen MR) is 77.0 cm³/mol. The minimum Gasteiger partial charge on any atom is -0.465 e. The van der Waals surface area contributed by atoms with Crippen LogP contribution >= 0.6 is 0 Å². The Labute approximate surface area is 119 Å². The summed E-state index contributed by atoms with van der Waals surface area (Å²) >= 11 is 0. The van der Waals surface area contributed by atoms with Crippen molar-refractivity contribution >= 4 is 12.0 Å². The number of aromatic nitrogens is 2. The van der Waals surface area contributed by atoms with Gasteiger partial charge < -0.3 is 15.3 Å². The van der Waals surface area contributed by atoms with Gasteiger partial charge in [0, 0.05) is 32.0 Å². The van der Waals surface area contributed by atoms with Gasteiger partial charge in [0.1, 0.15) is 0 Å². The van der Waals surface area contributed by atoms with Crippen LogP contribution in [0.25, 0.3) is 0 Å². The second-order valence-electron chi connectivity index (χ2n) is 5.26. The van der Waals surface area contributed by atoms with Gasteiger partial charge in [-0.05, 0) is 30.7 Å². The average Bonchev–Trinajstić information content (AvgIpc) is 2.47. The summed E-state index contributed by atoms with van der Waals surface area (Å²) < 4.78 is 0. The minimum atomic E-state index is -0.942. The molecule has 6 nitrogen and oxygen atoms in total. The molecule has 2 rings (SSSR count). The molecule has 1 aliphatic rings. The van der Waals surface area contributed by atoms with E-state index in [1.165, 1.54) is 5.56 Å². The van der Waals surface area contributed by atoms with Gasteiger partial charge in [-0.1, -0.05) is 13.3 Å². The lowest BCUT2D eigenvalue weighted by Crippen LogP contribution is -2.39. The molecule has 1 aliphatic heterocycles. The smallest absolute Gasteiger partial charge is 0.404 e. The van der Waals surface area contributed by atoms with E-state index in [0.29, 0.717) is 12.5 Å². The van der Waals surface area contributed by atoms with Crippen molar-refractivity contribution in [3.05, 3.63) is 18.0 Å². The number of piperidine rings is 1. The molecular formula is C14H22N4O2. The average molecular weight is 278 g/mol. The van der Waals surface area contributed by atoms with Gasteiger partial charge in [0.25, 0.3) is 0 Å². The predicted octanol–water partition coefficient (Wildman–Crippen LogP) is 1.91. The Morgan fingerprint density at radius 2 is 2.05 bits per heavy atom. The van der Waals surface area contributed by atoms with Crippen LogP contribution < -0.4 is 10.2 Å². The number of hydrogen-bond donors (Lipinski definition) is 2. The molecule has 1 aromatic heterocycles. The van der Waals surface area contributed by atoms with E-state index in [1.807, 2.05) is 12.4 Å². The van der Waals surface area contributed by atoms with E-state index >= 15 is 0 Å². The lowest BCUT2D eigenvalue weighted by Gasteiger charge is -2.31. The van der Waals surface area contributed by atoms with E-state index in [1.54, 1.807) is 0 Å². The van der Waals surface area contributed by atoms with E-state index in [-0.39, 0.29) is 0 Å². The molecule has 1 amide bonds. The van der Waals surface area contributed by atoms with Crippen molar-refractivity contribution < 1.29 is 9.90 Å². The van der Waals surface area contributed by atoms with Crippen molar-refractivity contribution in [2.45, 2.75) is 32.6 Å². The fourth-order valence-electron chi connectivity index (χ4n) is 2.50. The minimum absolute atomic E-state index is 0.418. The number of carbonyl (C=O) groups is 1. The van der Waals surface area contributed by atoms with E-state index in [2.05, 4.69) is 27.1 Å². The van der Waals surface area contributed by atoms with Gasteiger partial charge in [-0.15, -0.1) is 0 Å². The largest absolute Gasteiger partial charge is 0.465 e. The van der Waals surface area contributed by atoms with Crippen LogP contribution in [0, 0.1) is 5.92 Å². The van der Waals surface area contributed by atoms with Gasteiger partial charge in [-0.3, -0.25) is 0 Å². The van der Waals surface area contributed by atoms with Crippen LogP contribution in [-0.4, -0.2) is 40.8 Å². The molecule has 110 valence electrons. The Morgan fingerprint density at radius 1 is 1.40 bits per heavy atom. The lowest BCUT2D eigenvalue weighted by molar-refractivity contribution is 0.191. The zero-order chi connectivity index (χ0) is 14.4. The number of carboxylic acid groups (broad SMARTS) is 1. The summed E-state index contributed by atoms with van der Waals surface area (Å²) in [6.07, 6.45) is 6.94. The molecule has 0 bridgehead atoms. The van der Waals surface area contributed by atoms with Gasteiger partial charge in [0.15, 0.2) is 0 Å². The fourth-order valence-corrected chi connectivity index (χ4v) is 2.50. The van der Waals surface area contributed by atoms with E-state index in [9.17, 15) is 4.79 Å². The molecule has 0 spiro atoms. The molecule has 0 aliphatic carbocycles. The lowest BCUT2D eigenvalue weighted by atomic mass is 9.97. The van der Waals surface area contributed by atoms with Gasteiger partial charge in [0.2, 0.25) is 5.95 Å². The second-order valence-corrected chi connectivity index (χ2v) is 5.26. The van der Waals surface area contributed by atoms with Crippen LogP contribution in [0.15, 0.2) is 12.4 Å². The molecule has 0 saturated carbocycles. The van der Waals surface area contributed by atoms with Gasteiger partial charge in [0.05, 0.1) is 0 Å². The maximum atomic E-state index is 10.5. The number of rotatable bonds is 5. The first-order chi connectivity index (χ1) is 9.69. The molecule has 0 unspecified atom stereocenters. The topological polar surface area (TPSA) is 78.4 Å². The molecule has 1 saturated heterocycles. The van der Waals surface area contributed by atoms with Crippen LogP contribution in [0.4, 0.5) is 10.7 Å². The second kappa shape index (κ2) is 7.07. The van der Waals surface area contributed by atoms with Crippen molar-refractivity contribution in [1.82, 2.24) is 15.3 Å². The first-order valence-electron chi connectivity index (χ1n) is 7.21.